The number of carbonyl (C=O) groups excluding carboxylic acids is 1. The van der Waals surface area contributed by atoms with Crippen LogP contribution in [0.2, 0.25) is 0 Å². The zero-order valence-electron chi connectivity index (χ0n) is 11.6. The molecule has 2 aromatic carbocycles. The van der Waals surface area contributed by atoms with Gasteiger partial charge in [-0.2, -0.15) is 0 Å². The van der Waals surface area contributed by atoms with Crippen molar-refractivity contribution in [2.24, 2.45) is 0 Å². The van der Waals surface area contributed by atoms with Gasteiger partial charge in [0.2, 0.25) is 5.91 Å². The van der Waals surface area contributed by atoms with Crippen LogP contribution in [0.5, 0.6) is 0 Å². The number of carbonyl (C=O) groups is 1. The summed E-state index contributed by atoms with van der Waals surface area (Å²) in [5, 5.41) is 2.43. The maximum absolute atomic E-state index is 13.4. The lowest BCUT2D eigenvalue weighted by Gasteiger charge is -2.16. The van der Waals surface area contributed by atoms with E-state index in [1.807, 2.05) is 35.2 Å². The zero-order valence-corrected chi connectivity index (χ0v) is 11.6. The van der Waals surface area contributed by atoms with Crippen LogP contribution in [0.3, 0.4) is 0 Å². The maximum Gasteiger partial charge on any atom is 0.238 e. The highest BCUT2D eigenvalue weighted by atomic mass is 19.1. The van der Waals surface area contributed by atoms with Gasteiger partial charge in [-0.15, -0.1) is 0 Å². The minimum Gasteiger partial charge on any atom is -0.322 e. The minimum absolute atomic E-state index is 0.0190. The molecule has 0 unspecified atom stereocenters. The summed E-state index contributed by atoms with van der Waals surface area (Å²) in [6.07, 6.45) is 0. The standard InChI is InChI=1S/C16H16F2N2O/c1-20(10-12-5-3-2-4-6-12)11-16(21)19-15-8-7-13(17)9-14(15)18/h2-9H,10-11H2,1H3,(H,19,21). The molecule has 0 saturated carbocycles. The summed E-state index contributed by atoms with van der Waals surface area (Å²) < 4.78 is 26.2. The molecule has 0 spiro atoms. The molecule has 3 nitrogen and oxygen atoms in total. The second-order valence-corrected chi connectivity index (χ2v) is 4.83. The smallest absolute Gasteiger partial charge is 0.238 e. The third kappa shape index (κ3) is 4.65. The SMILES string of the molecule is CN(CC(=O)Nc1ccc(F)cc1F)Cc1ccccc1. The molecule has 0 saturated heterocycles. The molecule has 0 aliphatic heterocycles. The fraction of sp³-hybridized carbons (Fsp3) is 0.188. The van der Waals surface area contributed by atoms with Crippen molar-refractivity contribution in [3.8, 4) is 0 Å². The second-order valence-electron chi connectivity index (χ2n) is 4.83. The highest BCUT2D eigenvalue weighted by Crippen LogP contribution is 2.14. The Morgan fingerprint density at radius 3 is 2.52 bits per heavy atom. The average molecular weight is 290 g/mol. The summed E-state index contributed by atoms with van der Waals surface area (Å²) in [4.78, 5) is 13.6. The first-order valence-corrected chi connectivity index (χ1v) is 6.52. The molecule has 0 aromatic heterocycles. The van der Waals surface area contributed by atoms with Crippen molar-refractivity contribution >= 4 is 11.6 Å². The lowest BCUT2D eigenvalue weighted by Crippen LogP contribution is -2.30. The second kappa shape index (κ2) is 6.95. The number of rotatable bonds is 5. The Labute approximate surface area is 122 Å². The van der Waals surface area contributed by atoms with Gasteiger partial charge >= 0.3 is 0 Å². The normalized spacial score (nSPS) is 10.7. The largest absolute Gasteiger partial charge is 0.322 e. The van der Waals surface area contributed by atoms with E-state index in [2.05, 4.69) is 5.32 Å². The van der Waals surface area contributed by atoms with Crippen molar-refractivity contribution in [2.75, 3.05) is 18.9 Å². The highest BCUT2D eigenvalue weighted by molar-refractivity contribution is 5.92. The fourth-order valence-corrected chi connectivity index (χ4v) is 1.98. The Hall–Kier alpha value is -2.27. The van der Waals surface area contributed by atoms with Crippen LogP contribution in [0.15, 0.2) is 48.5 Å². The van der Waals surface area contributed by atoms with E-state index in [0.29, 0.717) is 6.54 Å². The Bertz CT molecular complexity index is 617. The Morgan fingerprint density at radius 2 is 1.86 bits per heavy atom. The summed E-state index contributed by atoms with van der Waals surface area (Å²) in [7, 11) is 1.80. The molecule has 2 rings (SSSR count). The van der Waals surface area contributed by atoms with Gasteiger partial charge in [-0.3, -0.25) is 9.69 Å². The van der Waals surface area contributed by atoms with E-state index < -0.39 is 11.6 Å². The van der Waals surface area contributed by atoms with Gasteiger partial charge in [0, 0.05) is 12.6 Å². The third-order valence-corrected chi connectivity index (χ3v) is 2.91. The van der Waals surface area contributed by atoms with Gasteiger partial charge in [0.1, 0.15) is 11.6 Å². The molecule has 0 atom stereocenters. The van der Waals surface area contributed by atoms with Gasteiger partial charge in [0.15, 0.2) is 0 Å². The van der Waals surface area contributed by atoms with E-state index >= 15 is 0 Å². The van der Waals surface area contributed by atoms with Gasteiger partial charge in [0.05, 0.1) is 12.2 Å². The molecule has 0 heterocycles. The van der Waals surface area contributed by atoms with E-state index in [1.165, 1.54) is 6.07 Å². The van der Waals surface area contributed by atoms with E-state index in [0.717, 1.165) is 17.7 Å². The molecule has 0 radical (unpaired) electrons. The summed E-state index contributed by atoms with van der Waals surface area (Å²) in [5.41, 5.74) is 1.07. The van der Waals surface area contributed by atoms with Gasteiger partial charge in [-0.25, -0.2) is 8.78 Å². The van der Waals surface area contributed by atoms with Crippen molar-refractivity contribution < 1.29 is 13.6 Å². The molecule has 110 valence electrons. The molecular formula is C16H16F2N2O. The molecular weight excluding hydrogens is 274 g/mol. The number of nitrogens with zero attached hydrogens (tertiary/aromatic N) is 1. The summed E-state index contributed by atoms with van der Waals surface area (Å²) in [6.45, 7) is 0.728. The first-order valence-electron chi connectivity index (χ1n) is 6.52. The van der Waals surface area contributed by atoms with Crippen molar-refractivity contribution in [3.63, 3.8) is 0 Å². The van der Waals surface area contributed by atoms with E-state index in [9.17, 15) is 13.6 Å². The monoisotopic (exact) mass is 290 g/mol. The zero-order chi connectivity index (χ0) is 15.2. The van der Waals surface area contributed by atoms with Gasteiger partial charge in [0.25, 0.3) is 0 Å². The number of likely N-dealkylation sites (N-methyl/N-ethyl adjacent to an activating group) is 1. The number of amides is 1. The van der Waals surface area contributed by atoms with Crippen LogP contribution in [0.25, 0.3) is 0 Å². The molecule has 5 heteroatoms. The van der Waals surface area contributed by atoms with Crippen LogP contribution in [-0.2, 0) is 11.3 Å². The van der Waals surface area contributed by atoms with Crippen molar-refractivity contribution in [3.05, 3.63) is 65.7 Å². The molecule has 0 aliphatic carbocycles. The average Bonchev–Trinajstić information content (AvgIpc) is 2.43. The molecule has 1 N–H and O–H groups in total. The van der Waals surface area contributed by atoms with Crippen LogP contribution < -0.4 is 5.32 Å². The summed E-state index contributed by atoms with van der Waals surface area (Å²) in [6, 6.07) is 12.8. The fourth-order valence-electron chi connectivity index (χ4n) is 1.98. The maximum atomic E-state index is 13.4. The predicted octanol–water partition coefficient (Wildman–Crippen LogP) is 3.04. The molecule has 1 amide bonds. The molecule has 0 fully saturated rings. The quantitative estimate of drug-likeness (QED) is 0.918. The number of anilines is 1. The Balaban J connectivity index is 1.89. The van der Waals surface area contributed by atoms with Crippen LogP contribution >= 0.6 is 0 Å². The van der Waals surface area contributed by atoms with Crippen LogP contribution in [-0.4, -0.2) is 24.4 Å². The predicted molar refractivity (Wildman–Crippen MR) is 77.8 cm³/mol. The number of halogens is 2. The number of hydrogen-bond acceptors (Lipinski definition) is 2. The van der Waals surface area contributed by atoms with Gasteiger partial charge in [-0.05, 0) is 24.7 Å². The molecule has 21 heavy (non-hydrogen) atoms. The van der Waals surface area contributed by atoms with Crippen molar-refractivity contribution in [1.82, 2.24) is 4.90 Å². The Morgan fingerprint density at radius 1 is 1.14 bits per heavy atom. The van der Waals surface area contributed by atoms with E-state index in [-0.39, 0.29) is 18.1 Å². The van der Waals surface area contributed by atoms with Gasteiger partial charge in [-0.1, -0.05) is 30.3 Å². The highest BCUT2D eigenvalue weighted by Gasteiger charge is 2.10. The van der Waals surface area contributed by atoms with Crippen LogP contribution in [0.4, 0.5) is 14.5 Å². The van der Waals surface area contributed by atoms with Crippen LogP contribution in [0, 0.1) is 11.6 Å². The van der Waals surface area contributed by atoms with E-state index in [4.69, 9.17) is 0 Å². The van der Waals surface area contributed by atoms with Crippen molar-refractivity contribution in [1.29, 1.82) is 0 Å². The first-order chi connectivity index (χ1) is 10.0. The lowest BCUT2D eigenvalue weighted by atomic mass is 10.2. The summed E-state index contributed by atoms with van der Waals surface area (Å²) >= 11 is 0. The molecule has 0 aliphatic rings. The number of benzene rings is 2. The number of hydrogen-bond donors (Lipinski definition) is 1. The third-order valence-electron chi connectivity index (χ3n) is 2.91. The minimum atomic E-state index is -0.783. The van der Waals surface area contributed by atoms with Crippen molar-refractivity contribution in [2.45, 2.75) is 6.54 Å². The molecule has 0 bridgehead atoms. The topological polar surface area (TPSA) is 32.3 Å². The number of nitrogens with one attached hydrogen (secondary N) is 1. The molecule has 2 aromatic rings. The van der Waals surface area contributed by atoms with Gasteiger partial charge < -0.3 is 5.32 Å². The first kappa shape index (κ1) is 15.1. The van der Waals surface area contributed by atoms with E-state index in [1.54, 1.807) is 7.05 Å². The Kier molecular flexibility index (Phi) is 5.00. The lowest BCUT2D eigenvalue weighted by molar-refractivity contribution is -0.117. The summed E-state index contributed by atoms with van der Waals surface area (Å²) in [5.74, 6) is -1.81. The van der Waals surface area contributed by atoms with Crippen LogP contribution in [0.1, 0.15) is 5.56 Å².